The van der Waals surface area contributed by atoms with Crippen molar-refractivity contribution >= 4 is 40.4 Å². The number of allylic oxidation sites excluding steroid dienone is 1. The van der Waals surface area contributed by atoms with Crippen molar-refractivity contribution in [1.82, 2.24) is 4.98 Å². The van der Waals surface area contributed by atoms with E-state index in [-0.39, 0.29) is 0 Å². The number of aromatic nitrogens is 1. The lowest BCUT2D eigenvalue weighted by Crippen LogP contribution is -1.82. The van der Waals surface area contributed by atoms with Gasteiger partial charge in [-0.3, -0.25) is 0 Å². The van der Waals surface area contributed by atoms with E-state index in [1.807, 2.05) is 17.9 Å². The van der Waals surface area contributed by atoms with Gasteiger partial charge in [0.05, 0.1) is 4.24 Å². The summed E-state index contributed by atoms with van der Waals surface area (Å²) in [6.07, 6.45) is 5.66. The first kappa shape index (κ1) is 10.6. The molecule has 0 atom stereocenters. The van der Waals surface area contributed by atoms with E-state index >= 15 is 0 Å². The standard InChI is InChI=1S/C8H8N2S3/c1-11-8(12-2)6(5-9)7-10-3-4-13-7/h3-4H,1-2H3. The quantitative estimate of drug-likeness (QED) is 0.745. The maximum Gasteiger partial charge on any atom is 0.135 e. The third-order valence-corrected chi connectivity index (χ3v) is 4.27. The molecule has 0 aliphatic heterocycles. The zero-order valence-corrected chi connectivity index (χ0v) is 9.72. The van der Waals surface area contributed by atoms with Crippen LogP contribution in [0.5, 0.6) is 0 Å². The Kier molecular flexibility index (Phi) is 4.36. The molecule has 0 radical (unpaired) electrons. The molecular formula is C8H8N2S3. The van der Waals surface area contributed by atoms with Gasteiger partial charge in [0.15, 0.2) is 0 Å². The van der Waals surface area contributed by atoms with Crippen molar-refractivity contribution in [3.8, 4) is 6.07 Å². The molecule has 5 heteroatoms. The second kappa shape index (κ2) is 5.32. The molecule has 1 aromatic rings. The average Bonchev–Trinajstić information content (AvgIpc) is 2.66. The number of rotatable bonds is 3. The minimum atomic E-state index is 0.690. The van der Waals surface area contributed by atoms with Crippen molar-refractivity contribution in [3.05, 3.63) is 20.8 Å². The lowest BCUT2D eigenvalue weighted by atomic mass is 10.4. The lowest BCUT2D eigenvalue weighted by Gasteiger charge is -2.00. The summed E-state index contributed by atoms with van der Waals surface area (Å²) in [6.45, 7) is 0. The maximum atomic E-state index is 8.96. The number of thiazole rings is 1. The first-order chi connectivity index (χ1) is 6.33. The van der Waals surface area contributed by atoms with Crippen LogP contribution in [0.4, 0.5) is 0 Å². The Morgan fingerprint density at radius 2 is 2.23 bits per heavy atom. The Morgan fingerprint density at radius 1 is 1.54 bits per heavy atom. The van der Waals surface area contributed by atoms with Crippen LogP contribution in [0, 0.1) is 11.3 Å². The lowest BCUT2D eigenvalue weighted by molar-refractivity contribution is 1.38. The number of nitrogens with zero attached hydrogens (tertiary/aromatic N) is 2. The van der Waals surface area contributed by atoms with Crippen LogP contribution in [0.1, 0.15) is 5.01 Å². The molecule has 0 fully saturated rings. The molecule has 13 heavy (non-hydrogen) atoms. The molecule has 0 N–H and O–H groups in total. The fourth-order valence-electron chi connectivity index (χ4n) is 0.815. The summed E-state index contributed by atoms with van der Waals surface area (Å²) in [4.78, 5) is 4.12. The highest BCUT2D eigenvalue weighted by Crippen LogP contribution is 2.33. The zero-order valence-electron chi connectivity index (χ0n) is 7.27. The Balaban J connectivity index is 3.11. The van der Waals surface area contributed by atoms with Crippen molar-refractivity contribution in [3.63, 3.8) is 0 Å². The highest BCUT2D eigenvalue weighted by molar-refractivity contribution is 8.22. The van der Waals surface area contributed by atoms with Crippen molar-refractivity contribution < 1.29 is 0 Å². The molecule has 0 aliphatic carbocycles. The molecule has 1 heterocycles. The Bertz CT molecular complexity index is 329. The van der Waals surface area contributed by atoms with Crippen molar-refractivity contribution in [2.45, 2.75) is 0 Å². The molecule has 0 aliphatic rings. The van der Waals surface area contributed by atoms with E-state index < -0.39 is 0 Å². The van der Waals surface area contributed by atoms with Crippen LogP contribution in [-0.2, 0) is 0 Å². The summed E-state index contributed by atoms with van der Waals surface area (Å²) in [5, 5.41) is 11.6. The van der Waals surface area contributed by atoms with Gasteiger partial charge < -0.3 is 0 Å². The second-order valence-corrected chi connectivity index (χ2v) is 4.81. The highest BCUT2D eigenvalue weighted by Gasteiger charge is 2.09. The Hall–Kier alpha value is -0.440. The predicted octanol–water partition coefficient (Wildman–Crippen LogP) is 3.06. The maximum absolute atomic E-state index is 8.96. The van der Waals surface area contributed by atoms with Gasteiger partial charge in [-0.05, 0) is 12.5 Å². The summed E-state index contributed by atoms with van der Waals surface area (Å²) in [5.74, 6) is 0. The summed E-state index contributed by atoms with van der Waals surface area (Å²) >= 11 is 4.67. The molecule has 0 unspecified atom stereocenters. The van der Waals surface area contributed by atoms with Crippen LogP contribution in [0.15, 0.2) is 15.8 Å². The topological polar surface area (TPSA) is 36.7 Å². The van der Waals surface area contributed by atoms with E-state index in [0.717, 1.165) is 9.24 Å². The second-order valence-electron chi connectivity index (χ2n) is 2.02. The summed E-state index contributed by atoms with van der Waals surface area (Å²) in [6, 6.07) is 2.19. The molecular weight excluding hydrogens is 220 g/mol. The summed E-state index contributed by atoms with van der Waals surface area (Å²) < 4.78 is 1.03. The smallest absolute Gasteiger partial charge is 0.135 e. The van der Waals surface area contributed by atoms with E-state index in [2.05, 4.69) is 11.1 Å². The van der Waals surface area contributed by atoms with Gasteiger partial charge in [-0.2, -0.15) is 5.26 Å². The molecule has 0 saturated carbocycles. The van der Waals surface area contributed by atoms with Crippen LogP contribution in [-0.4, -0.2) is 17.5 Å². The third kappa shape index (κ3) is 2.50. The van der Waals surface area contributed by atoms with Crippen molar-refractivity contribution in [2.24, 2.45) is 0 Å². The van der Waals surface area contributed by atoms with Gasteiger partial charge in [0.1, 0.15) is 16.6 Å². The summed E-state index contributed by atoms with van der Waals surface area (Å²) in [7, 11) is 0. The number of thioether (sulfide) groups is 2. The Morgan fingerprint density at radius 3 is 2.62 bits per heavy atom. The molecule has 0 saturated heterocycles. The van der Waals surface area contributed by atoms with Gasteiger partial charge in [-0.15, -0.1) is 34.9 Å². The minimum absolute atomic E-state index is 0.690. The van der Waals surface area contributed by atoms with E-state index in [4.69, 9.17) is 5.26 Å². The van der Waals surface area contributed by atoms with E-state index in [9.17, 15) is 0 Å². The normalized spacial score (nSPS) is 9.31. The fourth-order valence-corrected chi connectivity index (χ4v) is 2.94. The predicted molar refractivity (Wildman–Crippen MR) is 61.7 cm³/mol. The molecule has 1 aromatic heterocycles. The van der Waals surface area contributed by atoms with Crippen molar-refractivity contribution in [1.29, 1.82) is 5.26 Å². The van der Waals surface area contributed by atoms with E-state index in [1.54, 1.807) is 29.7 Å². The molecule has 1 rings (SSSR count). The average molecular weight is 228 g/mol. The largest absolute Gasteiger partial charge is 0.244 e. The molecule has 68 valence electrons. The van der Waals surface area contributed by atoms with Crippen LogP contribution >= 0.6 is 34.9 Å². The first-order valence-electron chi connectivity index (χ1n) is 3.45. The zero-order chi connectivity index (χ0) is 9.68. The van der Waals surface area contributed by atoms with Gasteiger partial charge >= 0.3 is 0 Å². The van der Waals surface area contributed by atoms with Crippen molar-refractivity contribution in [2.75, 3.05) is 12.5 Å². The van der Waals surface area contributed by atoms with Gasteiger partial charge in [0.25, 0.3) is 0 Å². The number of hydrogen-bond donors (Lipinski definition) is 0. The SMILES string of the molecule is CSC(SC)=C(C#N)c1nccs1. The number of hydrogen-bond acceptors (Lipinski definition) is 5. The van der Waals surface area contributed by atoms with E-state index in [1.165, 1.54) is 11.3 Å². The van der Waals surface area contributed by atoms with Crippen LogP contribution in [0.3, 0.4) is 0 Å². The molecule has 0 spiro atoms. The fraction of sp³-hybridized carbons (Fsp3) is 0.250. The van der Waals surface area contributed by atoms with Gasteiger partial charge in [-0.1, -0.05) is 0 Å². The van der Waals surface area contributed by atoms with Crippen LogP contribution in [0.2, 0.25) is 0 Å². The summed E-state index contributed by atoms with van der Waals surface area (Å²) in [5.41, 5.74) is 0.690. The molecule has 0 amide bonds. The molecule has 0 bridgehead atoms. The number of nitriles is 1. The van der Waals surface area contributed by atoms with Gasteiger partial charge in [0.2, 0.25) is 0 Å². The van der Waals surface area contributed by atoms with Crippen LogP contribution < -0.4 is 0 Å². The minimum Gasteiger partial charge on any atom is -0.244 e. The van der Waals surface area contributed by atoms with Gasteiger partial charge in [0, 0.05) is 11.6 Å². The molecule has 0 aromatic carbocycles. The van der Waals surface area contributed by atoms with Crippen LogP contribution in [0.25, 0.3) is 5.57 Å². The third-order valence-electron chi connectivity index (χ3n) is 1.33. The first-order valence-corrected chi connectivity index (χ1v) is 6.78. The van der Waals surface area contributed by atoms with E-state index in [0.29, 0.717) is 5.57 Å². The monoisotopic (exact) mass is 228 g/mol. The molecule has 2 nitrogen and oxygen atoms in total. The van der Waals surface area contributed by atoms with Gasteiger partial charge in [-0.25, -0.2) is 4.98 Å². The Labute approximate surface area is 90.1 Å². The highest BCUT2D eigenvalue weighted by atomic mass is 32.2.